The van der Waals surface area contributed by atoms with E-state index in [9.17, 15) is 10.2 Å². The van der Waals surface area contributed by atoms with Gasteiger partial charge in [0.05, 0.1) is 19.8 Å². The van der Waals surface area contributed by atoms with Crippen LogP contribution in [0.4, 0.5) is 0 Å². The molecule has 0 bridgehead atoms. The van der Waals surface area contributed by atoms with E-state index >= 15 is 0 Å². The zero-order valence-corrected chi connectivity index (χ0v) is 22.4. The standard InChI is InChI=1S/C29H54NO2.ClH/c1-2-3-4-5-6-7-8-9-10-11-12-13-14-15-16-20-23-30(24-26-31,25-27-32)28-29-21-18-17-19-22-29;/h17-19,21-22,31-32H,2-16,20,23-28H2,1H3;1H/q+1;/p-1. The molecule has 1 rings (SSSR count). The summed E-state index contributed by atoms with van der Waals surface area (Å²) in [5.41, 5.74) is 1.30. The molecule has 0 fully saturated rings. The van der Waals surface area contributed by atoms with Crippen molar-refractivity contribution in [3.05, 3.63) is 35.9 Å². The van der Waals surface area contributed by atoms with Gasteiger partial charge >= 0.3 is 0 Å². The van der Waals surface area contributed by atoms with Gasteiger partial charge in [-0.2, -0.15) is 0 Å². The molecule has 3 nitrogen and oxygen atoms in total. The van der Waals surface area contributed by atoms with E-state index in [2.05, 4.69) is 31.2 Å². The van der Waals surface area contributed by atoms with Crippen LogP contribution in [0.5, 0.6) is 0 Å². The van der Waals surface area contributed by atoms with Crippen molar-refractivity contribution in [3.8, 4) is 0 Å². The maximum Gasteiger partial charge on any atom is 0.104 e. The molecule has 0 atom stereocenters. The van der Waals surface area contributed by atoms with Crippen LogP contribution in [-0.2, 0) is 6.54 Å². The summed E-state index contributed by atoms with van der Waals surface area (Å²) in [4.78, 5) is 0. The lowest BCUT2D eigenvalue weighted by Gasteiger charge is -2.38. The molecular weight excluding hydrogens is 430 g/mol. The van der Waals surface area contributed by atoms with Crippen LogP contribution in [0.25, 0.3) is 0 Å². The average molecular weight is 484 g/mol. The van der Waals surface area contributed by atoms with Crippen molar-refractivity contribution in [1.29, 1.82) is 0 Å². The van der Waals surface area contributed by atoms with Crippen LogP contribution in [-0.4, -0.2) is 47.5 Å². The molecule has 1 aromatic rings. The molecule has 0 saturated heterocycles. The number of hydrogen-bond donors (Lipinski definition) is 2. The van der Waals surface area contributed by atoms with Gasteiger partial charge in [-0.1, -0.05) is 127 Å². The van der Waals surface area contributed by atoms with Crippen molar-refractivity contribution in [1.82, 2.24) is 0 Å². The van der Waals surface area contributed by atoms with E-state index in [0.717, 1.165) is 30.7 Å². The Morgan fingerprint density at radius 2 is 0.939 bits per heavy atom. The van der Waals surface area contributed by atoms with Crippen LogP contribution in [0.1, 0.15) is 115 Å². The van der Waals surface area contributed by atoms with Gasteiger partial charge in [0, 0.05) is 5.56 Å². The topological polar surface area (TPSA) is 40.5 Å². The predicted octanol–water partition coefficient (Wildman–Crippen LogP) is 4.25. The van der Waals surface area contributed by atoms with Crippen molar-refractivity contribution < 1.29 is 27.1 Å². The molecule has 4 heteroatoms. The van der Waals surface area contributed by atoms with Crippen molar-refractivity contribution in [3.63, 3.8) is 0 Å². The molecule has 33 heavy (non-hydrogen) atoms. The zero-order chi connectivity index (χ0) is 23.2. The summed E-state index contributed by atoms with van der Waals surface area (Å²) in [6.45, 7) is 6.07. The minimum absolute atomic E-state index is 0. The second kappa shape index (κ2) is 23.1. The second-order valence-electron chi connectivity index (χ2n) is 9.91. The number of hydrogen-bond acceptors (Lipinski definition) is 2. The van der Waals surface area contributed by atoms with Crippen molar-refractivity contribution in [2.45, 2.75) is 116 Å². The Morgan fingerprint density at radius 3 is 1.33 bits per heavy atom. The molecule has 0 spiro atoms. The van der Waals surface area contributed by atoms with E-state index in [0.29, 0.717) is 0 Å². The molecule has 0 amide bonds. The highest BCUT2D eigenvalue weighted by molar-refractivity contribution is 5.13. The lowest BCUT2D eigenvalue weighted by molar-refractivity contribution is -0.941. The monoisotopic (exact) mass is 483 g/mol. The van der Waals surface area contributed by atoms with Gasteiger partial charge in [0.15, 0.2) is 0 Å². The minimum atomic E-state index is 0. The number of quaternary nitrogens is 1. The maximum atomic E-state index is 9.64. The Hall–Kier alpha value is -0.610. The Labute approximate surface area is 212 Å². The van der Waals surface area contributed by atoms with Crippen LogP contribution >= 0.6 is 0 Å². The summed E-state index contributed by atoms with van der Waals surface area (Å²) >= 11 is 0. The largest absolute Gasteiger partial charge is 1.00 e. The van der Waals surface area contributed by atoms with Crippen molar-refractivity contribution in [2.24, 2.45) is 0 Å². The van der Waals surface area contributed by atoms with Gasteiger partial charge in [0.2, 0.25) is 0 Å². The van der Waals surface area contributed by atoms with E-state index in [1.807, 2.05) is 6.07 Å². The summed E-state index contributed by atoms with van der Waals surface area (Å²) in [7, 11) is 0. The molecule has 194 valence electrons. The molecule has 0 aliphatic heterocycles. The Bertz CT molecular complexity index is 506. The average Bonchev–Trinajstić information content (AvgIpc) is 2.80. The summed E-state index contributed by atoms with van der Waals surface area (Å²) < 4.78 is 0.801. The van der Waals surface area contributed by atoms with Crippen LogP contribution in [0.2, 0.25) is 0 Å². The highest BCUT2D eigenvalue weighted by Crippen LogP contribution is 2.18. The van der Waals surface area contributed by atoms with Gasteiger partial charge in [0.1, 0.15) is 19.6 Å². The molecule has 0 aliphatic carbocycles. The van der Waals surface area contributed by atoms with Gasteiger partial charge < -0.3 is 27.1 Å². The molecule has 0 aromatic heterocycles. The Balaban J connectivity index is 0.0000102. The number of benzene rings is 1. The predicted molar refractivity (Wildman–Crippen MR) is 139 cm³/mol. The van der Waals surface area contributed by atoms with Gasteiger partial charge in [-0.15, -0.1) is 0 Å². The fourth-order valence-corrected chi connectivity index (χ4v) is 4.96. The second-order valence-corrected chi connectivity index (χ2v) is 9.91. The number of unbranched alkanes of at least 4 members (excludes halogenated alkanes) is 15. The molecule has 0 saturated carbocycles. The number of nitrogens with zero attached hydrogens (tertiary/aromatic N) is 1. The van der Waals surface area contributed by atoms with E-state index in [-0.39, 0.29) is 25.6 Å². The molecule has 1 aromatic carbocycles. The first-order valence-corrected chi connectivity index (χ1v) is 13.9. The molecule has 0 aliphatic rings. The van der Waals surface area contributed by atoms with E-state index < -0.39 is 0 Å². The first kappa shape index (κ1) is 32.4. The lowest BCUT2D eigenvalue weighted by Crippen LogP contribution is -3.00. The number of rotatable bonds is 23. The molecule has 0 unspecified atom stereocenters. The van der Waals surface area contributed by atoms with Crippen LogP contribution < -0.4 is 12.4 Å². The molecule has 0 heterocycles. The highest BCUT2D eigenvalue weighted by atomic mass is 35.5. The van der Waals surface area contributed by atoms with Gasteiger partial charge in [-0.05, 0) is 12.8 Å². The highest BCUT2D eigenvalue weighted by Gasteiger charge is 2.26. The molecular formula is C29H54ClNO2. The van der Waals surface area contributed by atoms with Crippen LogP contribution in [0, 0.1) is 0 Å². The van der Waals surface area contributed by atoms with Gasteiger partial charge in [-0.3, -0.25) is 0 Å². The van der Waals surface area contributed by atoms with Crippen molar-refractivity contribution >= 4 is 0 Å². The van der Waals surface area contributed by atoms with Crippen LogP contribution in [0.15, 0.2) is 30.3 Å². The Kier molecular flexibility index (Phi) is 22.7. The fourth-order valence-electron chi connectivity index (χ4n) is 4.96. The van der Waals surface area contributed by atoms with Gasteiger partial charge in [-0.25, -0.2) is 0 Å². The Morgan fingerprint density at radius 1 is 0.545 bits per heavy atom. The molecule has 0 radical (unpaired) electrons. The quantitative estimate of drug-likeness (QED) is 0.180. The summed E-state index contributed by atoms with van der Waals surface area (Å²) in [6.07, 6.45) is 22.2. The summed E-state index contributed by atoms with van der Waals surface area (Å²) in [5.74, 6) is 0. The van der Waals surface area contributed by atoms with Crippen LogP contribution in [0.3, 0.4) is 0 Å². The first-order valence-electron chi connectivity index (χ1n) is 13.9. The third-order valence-electron chi connectivity index (χ3n) is 7.00. The molecule has 2 N–H and O–H groups in total. The minimum Gasteiger partial charge on any atom is -1.00 e. The zero-order valence-electron chi connectivity index (χ0n) is 21.7. The van der Waals surface area contributed by atoms with Gasteiger partial charge in [0.25, 0.3) is 0 Å². The number of aliphatic hydroxyl groups is 2. The third kappa shape index (κ3) is 17.5. The summed E-state index contributed by atoms with van der Waals surface area (Å²) in [5, 5.41) is 19.3. The number of halogens is 1. The lowest BCUT2D eigenvalue weighted by atomic mass is 10.0. The van der Waals surface area contributed by atoms with E-state index in [4.69, 9.17) is 0 Å². The third-order valence-corrected chi connectivity index (χ3v) is 7.00. The fraction of sp³-hybridized carbons (Fsp3) is 0.793. The number of aliphatic hydroxyl groups excluding tert-OH is 2. The van der Waals surface area contributed by atoms with Crippen molar-refractivity contribution in [2.75, 3.05) is 32.8 Å². The smallest absolute Gasteiger partial charge is 0.104 e. The normalized spacial score (nSPS) is 11.5. The van der Waals surface area contributed by atoms with E-state index in [1.165, 1.54) is 108 Å². The van der Waals surface area contributed by atoms with E-state index in [1.54, 1.807) is 0 Å². The maximum absolute atomic E-state index is 9.64. The summed E-state index contributed by atoms with van der Waals surface area (Å²) in [6, 6.07) is 10.5. The SMILES string of the molecule is CCCCCCCCCCCCCCCCCC[N+](CCO)(CCO)Cc1ccccc1.[Cl-]. The first-order chi connectivity index (χ1) is 15.8.